The van der Waals surface area contributed by atoms with Gasteiger partial charge in [-0.1, -0.05) is 40.2 Å². The van der Waals surface area contributed by atoms with Gasteiger partial charge in [0.2, 0.25) is 5.91 Å². The van der Waals surface area contributed by atoms with Crippen molar-refractivity contribution in [2.24, 2.45) is 0 Å². The molecule has 0 aliphatic carbocycles. The van der Waals surface area contributed by atoms with Crippen molar-refractivity contribution >= 4 is 44.3 Å². The van der Waals surface area contributed by atoms with Crippen LogP contribution in [0.25, 0.3) is 10.9 Å². The van der Waals surface area contributed by atoms with Crippen LogP contribution in [0.5, 0.6) is 0 Å². The van der Waals surface area contributed by atoms with Crippen LogP contribution in [-0.2, 0) is 23.9 Å². The van der Waals surface area contributed by atoms with Crippen molar-refractivity contribution in [3.8, 4) is 0 Å². The molecule has 2 N–H and O–H groups in total. The molecular formula is C26H23BrF3N5O2. The number of alkyl halides is 3. The van der Waals surface area contributed by atoms with Crippen molar-refractivity contribution in [2.45, 2.75) is 33.0 Å². The van der Waals surface area contributed by atoms with Crippen molar-refractivity contribution in [3.63, 3.8) is 0 Å². The fraction of sp³-hybridized carbons (Fsp3) is 0.231. The number of anilines is 1. The molecule has 4 aromatic rings. The molecule has 7 nitrogen and oxygen atoms in total. The lowest BCUT2D eigenvalue weighted by Gasteiger charge is -2.13. The third-order valence-corrected chi connectivity index (χ3v) is 6.42. The molecular weight excluding hydrogens is 551 g/mol. The summed E-state index contributed by atoms with van der Waals surface area (Å²) >= 11 is 3.30. The molecule has 0 unspecified atom stereocenters. The first-order valence-electron chi connectivity index (χ1n) is 11.3. The quantitative estimate of drug-likeness (QED) is 0.322. The minimum atomic E-state index is -4.71. The number of nitrogens with one attached hydrogen (secondary N) is 2. The molecule has 2 aromatic heterocycles. The molecule has 2 heterocycles. The Morgan fingerprint density at radius 1 is 1.03 bits per heavy atom. The zero-order chi connectivity index (χ0) is 26.9. The van der Waals surface area contributed by atoms with E-state index >= 15 is 0 Å². The van der Waals surface area contributed by atoms with E-state index in [2.05, 4.69) is 36.6 Å². The minimum Gasteiger partial charge on any atom is -0.359 e. The van der Waals surface area contributed by atoms with Gasteiger partial charge in [-0.05, 0) is 49.2 Å². The van der Waals surface area contributed by atoms with Crippen LogP contribution in [0, 0.1) is 13.8 Å². The molecule has 0 saturated carbocycles. The fourth-order valence-electron chi connectivity index (χ4n) is 3.95. The summed E-state index contributed by atoms with van der Waals surface area (Å²) in [6, 6.07) is 12.8. The predicted octanol–water partition coefficient (Wildman–Crippen LogP) is 5.42. The number of benzene rings is 2. The van der Waals surface area contributed by atoms with E-state index in [4.69, 9.17) is 0 Å². The van der Waals surface area contributed by atoms with Crippen LogP contribution in [0.3, 0.4) is 0 Å². The number of carbonyl (C=O) groups is 2. The number of halogens is 4. The van der Waals surface area contributed by atoms with E-state index in [-0.39, 0.29) is 23.4 Å². The lowest BCUT2D eigenvalue weighted by Crippen LogP contribution is -2.19. The van der Waals surface area contributed by atoms with Gasteiger partial charge < -0.3 is 10.6 Å². The predicted molar refractivity (Wildman–Crippen MR) is 137 cm³/mol. The average molecular weight is 574 g/mol. The van der Waals surface area contributed by atoms with Gasteiger partial charge >= 0.3 is 6.18 Å². The first-order chi connectivity index (χ1) is 17.5. The third kappa shape index (κ3) is 5.82. The monoisotopic (exact) mass is 573 g/mol. The van der Waals surface area contributed by atoms with Gasteiger partial charge in [-0.25, -0.2) is 4.98 Å². The van der Waals surface area contributed by atoms with E-state index in [1.807, 2.05) is 24.3 Å². The lowest BCUT2D eigenvalue weighted by atomic mass is 10.1. The van der Waals surface area contributed by atoms with Gasteiger partial charge in [0.25, 0.3) is 5.91 Å². The molecule has 37 heavy (non-hydrogen) atoms. The first kappa shape index (κ1) is 26.3. The van der Waals surface area contributed by atoms with Gasteiger partial charge in [0.15, 0.2) is 0 Å². The van der Waals surface area contributed by atoms with Crippen molar-refractivity contribution in [1.29, 1.82) is 0 Å². The summed E-state index contributed by atoms with van der Waals surface area (Å²) in [5.74, 6) is -0.774. The van der Waals surface area contributed by atoms with Crippen molar-refractivity contribution in [2.75, 3.05) is 12.4 Å². The van der Waals surface area contributed by atoms with E-state index in [0.29, 0.717) is 33.5 Å². The maximum Gasteiger partial charge on any atom is 0.433 e. The second kappa shape index (κ2) is 10.3. The second-order valence-corrected chi connectivity index (χ2v) is 9.45. The Morgan fingerprint density at radius 3 is 2.35 bits per heavy atom. The van der Waals surface area contributed by atoms with Crippen molar-refractivity contribution in [3.05, 3.63) is 86.8 Å². The van der Waals surface area contributed by atoms with Crippen molar-refractivity contribution < 1.29 is 22.8 Å². The molecule has 0 saturated heterocycles. The number of amides is 2. The zero-order valence-corrected chi connectivity index (χ0v) is 21.8. The normalized spacial score (nSPS) is 11.5. The summed E-state index contributed by atoms with van der Waals surface area (Å²) in [6.07, 6.45) is -4.42. The summed E-state index contributed by atoms with van der Waals surface area (Å²) in [7, 11) is 1.58. The highest BCUT2D eigenvalue weighted by atomic mass is 79.9. The number of hydrogen-bond acceptors (Lipinski definition) is 4. The van der Waals surface area contributed by atoms with E-state index < -0.39 is 17.8 Å². The first-order valence-corrected chi connectivity index (χ1v) is 12.1. The third-order valence-electron chi connectivity index (χ3n) is 5.92. The van der Waals surface area contributed by atoms with Gasteiger partial charge in [0.05, 0.1) is 41.1 Å². The van der Waals surface area contributed by atoms with Crippen LogP contribution in [0.15, 0.2) is 53.0 Å². The number of aryl methyl sites for hydroxylation is 1. The topological polar surface area (TPSA) is 88.9 Å². The van der Waals surface area contributed by atoms with Crippen LogP contribution >= 0.6 is 15.9 Å². The van der Waals surface area contributed by atoms with Gasteiger partial charge in [0, 0.05) is 16.9 Å². The minimum absolute atomic E-state index is 0.0622. The summed E-state index contributed by atoms with van der Waals surface area (Å²) in [5.41, 5.74) is 2.19. The molecule has 0 atom stereocenters. The van der Waals surface area contributed by atoms with Gasteiger partial charge in [-0.2, -0.15) is 18.3 Å². The number of likely N-dealkylation sites (N-methyl/N-ethyl adjacent to an activating group) is 1. The Morgan fingerprint density at radius 2 is 1.70 bits per heavy atom. The highest BCUT2D eigenvalue weighted by Gasteiger charge is 2.34. The lowest BCUT2D eigenvalue weighted by molar-refractivity contribution is -0.141. The second-order valence-electron chi connectivity index (χ2n) is 8.54. The Bertz CT molecular complexity index is 1500. The largest absolute Gasteiger partial charge is 0.433 e. The van der Waals surface area contributed by atoms with Crippen LogP contribution in [0.1, 0.15) is 38.6 Å². The molecule has 192 valence electrons. The SMILES string of the molecule is CNC(=O)Cc1ccc(Cn2nc(C)c(NC(=O)c3cc(C(F)(F)F)nc4ccc(Br)cc34)c2C)cc1. The van der Waals surface area contributed by atoms with Crippen LogP contribution in [-0.4, -0.2) is 33.6 Å². The Kier molecular flexibility index (Phi) is 7.35. The molecule has 0 bridgehead atoms. The fourth-order valence-corrected chi connectivity index (χ4v) is 4.31. The molecule has 4 rings (SSSR count). The molecule has 0 aliphatic heterocycles. The summed E-state index contributed by atoms with van der Waals surface area (Å²) in [4.78, 5) is 28.5. The smallest absolute Gasteiger partial charge is 0.359 e. The molecule has 2 aromatic carbocycles. The number of carbonyl (C=O) groups excluding carboxylic acids is 2. The number of rotatable bonds is 6. The summed E-state index contributed by atoms with van der Waals surface area (Å²) in [6.45, 7) is 3.90. The maximum absolute atomic E-state index is 13.5. The standard InChI is InChI=1S/C26H23BrF3N5O2/c1-14-24(15(2)35(34-14)13-17-6-4-16(5-7-17)10-23(36)31-3)33-25(37)20-12-22(26(28,29)30)32-21-9-8-18(27)11-19(20)21/h4-9,11-12H,10,13H2,1-3H3,(H,31,36)(H,33,37). The number of aromatic nitrogens is 3. The van der Waals surface area contributed by atoms with E-state index in [1.54, 1.807) is 37.7 Å². The highest BCUT2D eigenvalue weighted by molar-refractivity contribution is 9.10. The molecule has 11 heteroatoms. The number of fused-ring (bicyclic) bond motifs is 1. The molecule has 0 aliphatic rings. The average Bonchev–Trinajstić information content (AvgIpc) is 3.11. The molecule has 0 fully saturated rings. The number of hydrogen-bond donors (Lipinski definition) is 2. The number of nitrogens with zero attached hydrogens (tertiary/aromatic N) is 3. The highest BCUT2D eigenvalue weighted by Crippen LogP contribution is 2.32. The van der Waals surface area contributed by atoms with Gasteiger partial charge in [-0.3, -0.25) is 14.3 Å². The van der Waals surface area contributed by atoms with E-state index in [0.717, 1.165) is 17.2 Å². The summed E-state index contributed by atoms with van der Waals surface area (Å²) < 4.78 is 42.7. The zero-order valence-electron chi connectivity index (χ0n) is 20.2. The summed E-state index contributed by atoms with van der Waals surface area (Å²) in [5, 5.41) is 10.1. The number of pyridine rings is 1. The maximum atomic E-state index is 13.5. The van der Waals surface area contributed by atoms with Crippen LogP contribution in [0.4, 0.5) is 18.9 Å². The molecule has 0 radical (unpaired) electrons. The Hall–Kier alpha value is -3.73. The molecule has 0 spiro atoms. The van der Waals surface area contributed by atoms with Gasteiger partial charge in [0.1, 0.15) is 5.69 Å². The van der Waals surface area contributed by atoms with Gasteiger partial charge in [-0.15, -0.1) is 0 Å². The van der Waals surface area contributed by atoms with E-state index in [1.165, 1.54) is 6.07 Å². The van der Waals surface area contributed by atoms with Crippen LogP contribution in [0.2, 0.25) is 0 Å². The Labute approximate surface area is 219 Å². The van der Waals surface area contributed by atoms with E-state index in [9.17, 15) is 22.8 Å². The molecule has 2 amide bonds. The van der Waals surface area contributed by atoms with Crippen molar-refractivity contribution in [1.82, 2.24) is 20.1 Å². The van der Waals surface area contributed by atoms with Crippen LogP contribution < -0.4 is 10.6 Å². The Balaban J connectivity index is 1.61.